The van der Waals surface area contributed by atoms with Crippen LogP contribution in [0.25, 0.3) is 22.6 Å². The van der Waals surface area contributed by atoms with Crippen molar-refractivity contribution in [3.63, 3.8) is 0 Å². The van der Waals surface area contributed by atoms with E-state index in [1.807, 2.05) is 45.0 Å². The van der Waals surface area contributed by atoms with Crippen molar-refractivity contribution in [2.24, 2.45) is 0 Å². The van der Waals surface area contributed by atoms with E-state index in [0.717, 1.165) is 17.0 Å². The molecule has 3 heterocycles. The third-order valence-electron chi connectivity index (χ3n) is 5.51. The molecule has 2 aromatic carbocycles. The molecule has 162 valence electrons. The maximum Gasteiger partial charge on any atom is 0.278 e. The average Bonchev–Trinajstić information content (AvgIpc) is 3.38. The third kappa shape index (κ3) is 3.63. The van der Waals surface area contributed by atoms with Crippen molar-refractivity contribution in [2.75, 3.05) is 0 Å². The Bertz CT molecular complexity index is 1510. The van der Waals surface area contributed by atoms with Crippen LogP contribution in [0.2, 0.25) is 0 Å². The molecule has 5 aromatic rings. The summed E-state index contributed by atoms with van der Waals surface area (Å²) in [6, 6.07) is 19.9. The quantitative estimate of drug-likeness (QED) is 0.414. The van der Waals surface area contributed by atoms with E-state index >= 15 is 0 Å². The molecule has 0 aliphatic rings. The molecular formula is C26H21N5O2. The smallest absolute Gasteiger partial charge is 0.268 e. The van der Waals surface area contributed by atoms with Gasteiger partial charge in [-0.05, 0) is 63.2 Å². The topological polar surface area (TPSA) is 82.7 Å². The van der Waals surface area contributed by atoms with Crippen molar-refractivity contribution in [3.8, 4) is 11.4 Å². The van der Waals surface area contributed by atoms with Gasteiger partial charge < -0.3 is 0 Å². The number of carbonyl (C=O) groups is 2. The number of aryl methyl sites for hydroxylation is 3. The predicted octanol–water partition coefficient (Wildman–Crippen LogP) is 4.60. The van der Waals surface area contributed by atoms with Gasteiger partial charge in [0.05, 0.1) is 5.69 Å². The fraction of sp³-hybridized carbons (Fsp3) is 0.115. The number of nitrogens with zero attached hydrogens (tertiary/aromatic N) is 5. The first-order valence-corrected chi connectivity index (χ1v) is 10.6. The molecule has 0 bridgehead atoms. The average molecular weight is 435 g/mol. The first-order chi connectivity index (χ1) is 15.9. The summed E-state index contributed by atoms with van der Waals surface area (Å²) in [4.78, 5) is 35.4. The van der Waals surface area contributed by atoms with Gasteiger partial charge in [0, 0.05) is 28.6 Å². The Balaban J connectivity index is 1.58. The molecule has 0 unspecified atom stereocenters. The van der Waals surface area contributed by atoms with Crippen molar-refractivity contribution in [2.45, 2.75) is 20.8 Å². The van der Waals surface area contributed by atoms with E-state index in [2.05, 4.69) is 15.1 Å². The first kappa shape index (κ1) is 20.5. The lowest BCUT2D eigenvalue weighted by Gasteiger charge is -2.09. The highest BCUT2D eigenvalue weighted by atomic mass is 16.2. The van der Waals surface area contributed by atoms with Crippen LogP contribution in [-0.2, 0) is 0 Å². The molecule has 0 aliphatic carbocycles. The molecule has 5 rings (SSSR count). The van der Waals surface area contributed by atoms with Crippen LogP contribution < -0.4 is 0 Å². The van der Waals surface area contributed by atoms with Crippen LogP contribution in [0, 0.1) is 20.8 Å². The van der Waals surface area contributed by atoms with Crippen molar-refractivity contribution in [1.82, 2.24) is 24.3 Å². The van der Waals surface area contributed by atoms with Gasteiger partial charge in [0.25, 0.3) is 11.8 Å². The lowest BCUT2D eigenvalue weighted by Crippen LogP contribution is -2.15. The van der Waals surface area contributed by atoms with Gasteiger partial charge in [-0.15, -0.1) is 0 Å². The monoisotopic (exact) mass is 435 g/mol. The summed E-state index contributed by atoms with van der Waals surface area (Å²) in [5.74, 6) is 0.0476. The third-order valence-corrected chi connectivity index (χ3v) is 5.51. The van der Waals surface area contributed by atoms with Crippen molar-refractivity contribution in [1.29, 1.82) is 0 Å². The molecule has 0 aliphatic heterocycles. The molecule has 7 heteroatoms. The van der Waals surface area contributed by atoms with Gasteiger partial charge in [0.15, 0.2) is 5.65 Å². The van der Waals surface area contributed by atoms with E-state index in [1.54, 1.807) is 48.7 Å². The summed E-state index contributed by atoms with van der Waals surface area (Å²) < 4.78 is 2.92. The summed E-state index contributed by atoms with van der Waals surface area (Å²) in [5, 5.41) is 4.27. The van der Waals surface area contributed by atoms with Gasteiger partial charge in [0.1, 0.15) is 11.3 Å². The second-order valence-electron chi connectivity index (χ2n) is 8.01. The van der Waals surface area contributed by atoms with E-state index in [0.29, 0.717) is 33.7 Å². The van der Waals surface area contributed by atoms with Crippen molar-refractivity contribution >= 4 is 23.0 Å². The number of imidazole rings is 1. The Kier molecular flexibility index (Phi) is 4.94. The molecule has 0 N–H and O–H groups in total. The maximum atomic E-state index is 13.4. The summed E-state index contributed by atoms with van der Waals surface area (Å²) in [6.07, 6.45) is 1.64. The fourth-order valence-corrected chi connectivity index (χ4v) is 3.84. The largest absolute Gasteiger partial charge is 0.278 e. The van der Waals surface area contributed by atoms with E-state index in [-0.39, 0.29) is 11.8 Å². The Labute approximate surface area is 190 Å². The number of aromatic nitrogens is 5. The molecule has 7 nitrogen and oxygen atoms in total. The van der Waals surface area contributed by atoms with Crippen LogP contribution in [-0.4, -0.2) is 36.1 Å². The highest BCUT2D eigenvalue weighted by Crippen LogP contribution is 2.25. The Hall–Kier alpha value is -4.39. The normalized spacial score (nSPS) is 11.1. The molecule has 0 amide bonds. The van der Waals surface area contributed by atoms with E-state index in [4.69, 9.17) is 0 Å². The Morgan fingerprint density at radius 3 is 2.15 bits per heavy atom. The summed E-state index contributed by atoms with van der Waals surface area (Å²) in [7, 11) is 0. The van der Waals surface area contributed by atoms with Gasteiger partial charge in [-0.1, -0.05) is 29.8 Å². The number of hydrogen-bond donors (Lipinski definition) is 0. The zero-order valence-electron chi connectivity index (χ0n) is 18.5. The molecule has 0 spiro atoms. The van der Waals surface area contributed by atoms with Gasteiger partial charge >= 0.3 is 0 Å². The van der Waals surface area contributed by atoms with E-state index in [9.17, 15) is 9.59 Å². The van der Waals surface area contributed by atoms with Crippen LogP contribution in [0.4, 0.5) is 0 Å². The summed E-state index contributed by atoms with van der Waals surface area (Å²) >= 11 is 0. The number of rotatable bonds is 3. The minimum absolute atomic E-state index is 0.210. The number of fused-ring (bicyclic) bond motifs is 1. The first-order valence-electron chi connectivity index (χ1n) is 10.6. The van der Waals surface area contributed by atoms with Crippen LogP contribution in [0.3, 0.4) is 0 Å². The highest BCUT2D eigenvalue weighted by molar-refractivity contribution is 6.03. The number of pyridine rings is 1. The molecular weight excluding hydrogens is 414 g/mol. The highest BCUT2D eigenvalue weighted by Gasteiger charge is 2.21. The maximum absolute atomic E-state index is 13.4. The molecule has 33 heavy (non-hydrogen) atoms. The summed E-state index contributed by atoms with van der Waals surface area (Å²) in [5.41, 5.74) is 5.49. The van der Waals surface area contributed by atoms with Crippen molar-refractivity contribution in [3.05, 3.63) is 101 Å². The van der Waals surface area contributed by atoms with E-state index in [1.165, 1.54) is 9.25 Å². The second-order valence-corrected chi connectivity index (χ2v) is 8.01. The molecule has 0 atom stereocenters. The summed E-state index contributed by atoms with van der Waals surface area (Å²) in [6.45, 7) is 5.67. The van der Waals surface area contributed by atoms with Crippen LogP contribution >= 0.6 is 0 Å². The minimum Gasteiger partial charge on any atom is -0.268 e. The molecule has 0 saturated heterocycles. The zero-order valence-corrected chi connectivity index (χ0v) is 18.5. The lowest BCUT2D eigenvalue weighted by atomic mass is 10.1. The Morgan fingerprint density at radius 2 is 1.48 bits per heavy atom. The van der Waals surface area contributed by atoms with Crippen LogP contribution in [0.1, 0.15) is 37.7 Å². The molecule has 0 saturated carbocycles. The number of carbonyl (C=O) groups excluding carboxylic acids is 2. The van der Waals surface area contributed by atoms with Gasteiger partial charge in [-0.3, -0.25) is 9.59 Å². The lowest BCUT2D eigenvalue weighted by molar-refractivity contribution is 0.0939. The standard InChI is InChI=1S/C26H21N5O2/c1-16-6-8-20(9-7-16)25(32)30-23(28-22-5-4-14-27-24(22)30)19-10-12-21(13-11-19)26(33)31-18(3)15-17(2)29-31/h4-15H,1-3H3. The van der Waals surface area contributed by atoms with Crippen molar-refractivity contribution < 1.29 is 9.59 Å². The number of hydrogen-bond acceptors (Lipinski definition) is 5. The van der Waals surface area contributed by atoms with Crippen LogP contribution in [0.5, 0.6) is 0 Å². The van der Waals surface area contributed by atoms with Gasteiger partial charge in [0.2, 0.25) is 0 Å². The SMILES string of the molecule is Cc1ccc(C(=O)n2c(-c3ccc(C(=O)n4nc(C)cc4C)cc3)nc3cccnc32)cc1. The zero-order chi connectivity index (χ0) is 23.1. The second kappa shape index (κ2) is 7.94. The minimum atomic E-state index is -0.214. The number of benzene rings is 2. The van der Waals surface area contributed by atoms with E-state index < -0.39 is 0 Å². The van der Waals surface area contributed by atoms with Gasteiger partial charge in [-0.25, -0.2) is 19.2 Å². The van der Waals surface area contributed by atoms with Crippen LogP contribution in [0.15, 0.2) is 72.9 Å². The Morgan fingerprint density at radius 1 is 0.818 bits per heavy atom. The molecule has 0 fully saturated rings. The van der Waals surface area contributed by atoms with Gasteiger partial charge in [-0.2, -0.15) is 5.10 Å². The molecule has 3 aromatic heterocycles. The molecule has 0 radical (unpaired) electrons. The predicted molar refractivity (Wildman–Crippen MR) is 125 cm³/mol. The fourth-order valence-electron chi connectivity index (χ4n) is 3.84.